The largest absolute Gasteiger partial charge is 0.497 e. The van der Waals surface area contributed by atoms with Gasteiger partial charge in [-0.2, -0.15) is 5.10 Å². The summed E-state index contributed by atoms with van der Waals surface area (Å²) in [6.45, 7) is 3.00. The number of nitrogens with one attached hydrogen (secondary N) is 1. The molecule has 0 bridgehead atoms. The van der Waals surface area contributed by atoms with Crippen LogP contribution in [0, 0.1) is 0 Å². The van der Waals surface area contributed by atoms with E-state index in [1.54, 1.807) is 13.3 Å². The third-order valence-electron chi connectivity index (χ3n) is 3.28. The first-order valence-corrected chi connectivity index (χ1v) is 8.38. The molecule has 1 saturated heterocycles. The first-order valence-electron chi connectivity index (χ1n) is 7.18. The van der Waals surface area contributed by atoms with E-state index in [-0.39, 0.29) is 0 Å². The van der Waals surface area contributed by atoms with Gasteiger partial charge in [-0.3, -0.25) is 5.01 Å². The summed E-state index contributed by atoms with van der Waals surface area (Å²) >= 11 is 7.64. The van der Waals surface area contributed by atoms with Crippen LogP contribution < -0.4 is 10.1 Å². The van der Waals surface area contributed by atoms with Crippen molar-refractivity contribution in [2.45, 2.75) is 0 Å². The highest BCUT2D eigenvalue weighted by atomic mass is 35.5. The molecule has 2 heterocycles. The van der Waals surface area contributed by atoms with E-state index in [0.717, 1.165) is 34.5 Å². The molecule has 1 aliphatic rings. The van der Waals surface area contributed by atoms with Gasteiger partial charge in [-0.05, 0) is 24.3 Å². The minimum absolute atomic E-state index is 0.447. The second kappa shape index (κ2) is 7.63. The summed E-state index contributed by atoms with van der Waals surface area (Å²) in [7, 11) is 1.64. The average Bonchev–Trinajstić information content (AvgIpc) is 2.94. The van der Waals surface area contributed by atoms with Crippen LogP contribution in [0.1, 0.15) is 4.88 Å². The summed E-state index contributed by atoms with van der Waals surface area (Å²) in [5.41, 5.74) is 0.924. The van der Waals surface area contributed by atoms with Crippen LogP contribution in [0.3, 0.4) is 0 Å². The highest BCUT2D eigenvalue weighted by Gasteiger charge is 2.10. The van der Waals surface area contributed by atoms with Crippen LogP contribution in [-0.2, 0) is 4.74 Å². The average molecular weight is 353 g/mol. The predicted octanol–water partition coefficient (Wildman–Crippen LogP) is 3.21. The number of thiazole rings is 1. The number of hydrogen-bond donors (Lipinski definition) is 1. The van der Waals surface area contributed by atoms with Crippen molar-refractivity contribution in [1.82, 2.24) is 9.99 Å². The summed E-state index contributed by atoms with van der Waals surface area (Å²) in [6.07, 6.45) is 1.75. The molecule has 3 rings (SSSR count). The van der Waals surface area contributed by atoms with Crippen molar-refractivity contribution in [3.05, 3.63) is 34.3 Å². The standard InChI is InChI=1S/C15H17ClN4O2S/c1-21-12-4-2-11(3-5-12)18-15-19-14(16)13(23-15)10-17-20-6-8-22-9-7-20/h2-5,10H,6-9H2,1H3,(H,18,19)/b17-10+. The lowest BCUT2D eigenvalue weighted by atomic mass is 10.3. The zero-order chi connectivity index (χ0) is 16.1. The third kappa shape index (κ3) is 4.34. The van der Waals surface area contributed by atoms with Gasteiger partial charge in [0.1, 0.15) is 5.75 Å². The third-order valence-corrected chi connectivity index (χ3v) is 4.58. The van der Waals surface area contributed by atoms with E-state index in [2.05, 4.69) is 15.4 Å². The van der Waals surface area contributed by atoms with Crippen molar-refractivity contribution in [1.29, 1.82) is 0 Å². The van der Waals surface area contributed by atoms with Gasteiger partial charge < -0.3 is 14.8 Å². The second-order valence-electron chi connectivity index (χ2n) is 4.84. The number of benzene rings is 1. The molecule has 0 aliphatic carbocycles. The number of morpholine rings is 1. The maximum Gasteiger partial charge on any atom is 0.189 e. The molecule has 0 saturated carbocycles. The summed E-state index contributed by atoms with van der Waals surface area (Å²) in [5, 5.41) is 10.8. The molecule has 1 aliphatic heterocycles. The Morgan fingerprint density at radius 3 is 2.78 bits per heavy atom. The zero-order valence-corrected chi connectivity index (χ0v) is 14.2. The van der Waals surface area contributed by atoms with Gasteiger partial charge in [-0.25, -0.2) is 4.98 Å². The minimum atomic E-state index is 0.447. The highest BCUT2D eigenvalue weighted by Crippen LogP contribution is 2.28. The fraction of sp³-hybridized carbons (Fsp3) is 0.333. The molecule has 122 valence electrons. The van der Waals surface area contributed by atoms with Crippen molar-refractivity contribution in [2.75, 3.05) is 38.7 Å². The van der Waals surface area contributed by atoms with E-state index in [1.807, 2.05) is 29.3 Å². The number of anilines is 2. The molecule has 0 radical (unpaired) electrons. The Morgan fingerprint density at radius 2 is 2.09 bits per heavy atom. The molecule has 1 aromatic heterocycles. The number of hydrazone groups is 1. The molecule has 6 nitrogen and oxygen atoms in total. The Hall–Kier alpha value is -1.83. The number of rotatable bonds is 5. The normalized spacial score (nSPS) is 15.1. The number of nitrogens with zero attached hydrogens (tertiary/aromatic N) is 3. The molecule has 2 aromatic rings. The van der Waals surface area contributed by atoms with Crippen molar-refractivity contribution in [3.63, 3.8) is 0 Å². The molecular formula is C15H17ClN4O2S. The number of hydrogen-bond acceptors (Lipinski definition) is 7. The van der Waals surface area contributed by atoms with Gasteiger partial charge in [-0.1, -0.05) is 22.9 Å². The van der Waals surface area contributed by atoms with Crippen molar-refractivity contribution in [2.24, 2.45) is 5.10 Å². The van der Waals surface area contributed by atoms with Crippen molar-refractivity contribution >= 4 is 40.0 Å². The number of aromatic nitrogens is 1. The van der Waals surface area contributed by atoms with Crippen LogP contribution in [0.25, 0.3) is 0 Å². The summed E-state index contributed by atoms with van der Waals surface area (Å²) < 4.78 is 10.4. The maximum absolute atomic E-state index is 6.18. The first kappa shape index (κ1) is 16.0. The molecule has 0 atom stereocenters. The van der Waals surface area contributed by atoms with Crippen molar-refractivity contribution < 1.29 is 9.47 Å². The first-order chi connectivity index (χ1) is 11.2. The monoisotopic (exact) mass is 352 g/mol. The second-order valence-corrected chi connectivity index (χ2v) is 6.23. The molecule has 0 amide bonds. The Bertz CT molecular complexity index is 669. The molecule has 1 aromatic carbocycles. The van der Waals surface area contributed by atoms with Gasteiger partial charge in [0, 0.05) is 5.69 Å². The van der Waals surface area contributed by atoms with Gasteiger partial charge >= 0.3 is 0 Å². The molecule has 1 N–H and O–H groups in total. The fourth-order valence-corrected chi connectivity index (χ4v) is 3.09. The summed E-state index contributed by atoms with van der Waals surface area (Å²) in [6, 6.07) is 7.63. The lowest BCUT2D eigenvalue weighted by Crippen LogP contribution is -2.32. The zero-order valence-electron chi connectivity index (χ0n) is 12.7. The Kier molecular flexibility index (Phi) is 5.32. The van der Waals surface area contributed by atoms with E-state index < -0.39 is 0 Å². The molecule has 8 heteroatoms. The van der Waals surface area contributed by atoms with Gasteiger partial charge in [0.25, 0.3) is 0 Å². The number of halogens is 1. The molecule has 1 fully saturated rings. The van der Waals surface area contributed by atoms with E-state index in [4.69, 9.17) is 21.1 Å². The molecule has 0 spiro atoms. The van der Waals surface area contributed by atoms with Crippen molar-refractivity contribution in [3.8, 4) is 5.75 Å². The smallest absolute Gasteiger partial charge is 0.189 e. The van der Waals surface area contributed by atoms with E-state index in [1.165, 1.54) is 11.3 Å². The minimum Gasteiger partial charge on any atom is -0.497 e. The Morgan fingerprint density at radius 1 is 1.35 bits per heavy atom. The SMILES string of the molecule is COc1ccc(Nc2nc(Cl)c(/C=N/N3CCOCC3)s2)cc1. The number of methoxy groups -OCH3 is 1. The molecule has 23 heavy (non-hydrogen) atoms. The van der Waals surface area contributed by atoms with E-state index in [9.17, 15) is 0 Å². The number of ether oxygens (including phenoxy) is 2. The van der Waals surface area contributed by atoms with Crippen LogP contribution in [0.5, 0.6) is 5.75 Å². The van der Waals surface area contributed by atoms with Crippen LogP contribution in [0.4, 0.5) is 10.8 Å². The fourth-order valence-electron chi connectivity index (χ4n) is 2.05. The van der Waals surface area contributed by atoms with Gasteiger partial charge in [0.05, 0.1) is 44.5 Å². The van der Waals surface area contributed by atoms with E-state index in [0.29, 0.717) is 18.4 Å². The van der Waals surface area contributed by atoms with Crippen LogP contribution in [0.15, 0.2) is 29.4 Å². The molecule has 0 unspecified atom stereocenters. The summed E-state index contributed by atoms with van der Waals surface area (Å²) in [4.78, 5) is 5.15. The lowest BCUT2D eigenvalue weighted by molar-refractivity contribution is 0.0397. The van der Waals surface area contributed by atoms with Crippen LogP contribution in [0.2, 0.25) is 5.15 Å². The van der Waals surface area contributed by atoms with Crippen LogP contribution >= 0.6 is 22.9 Å². The Balaban J connectivity index is 1.66. The van der Waals surface area contributed by atoms with Gasteiger partial charge in [-0.15, -0.1) is 0 Å². The van der Waals surface area contributed by atoms with E-state index >= 15 is 0 Å². The topological polar surface area (TPSA) is 59.0 Å². The van der Waals surface area contributed by atoms with Gasteiger partial charge in [0.2, 0.25) is 0 Å². The highest BCUT2D eigenvalue weighted by molar-refractivity contribution is 7.17. The predicted molar refractivity (Wildman–Crippen MR) is 93.4 cm³/mol. The van der Waals surface area contributed by atoms with Crippen LogP contribution in [-0.4, -0.2) is 49.6 Å². The molecular weight excluding hydrogens is 336 g/mol. The summed E-state index contributed by atoms with van der Waals surface area (Å²) in [5.74, 6) is 0.811. The maximum atomic E-state index is 6.18. The Labute approximate surface area is 143 Å². The quantitative estimate of drug-likeness (QED) is 0.837. The lowest BCUT2D eigenvalue weighted by Gasteiger charge is -2.23. The van der Waals surface area contributed by atoms with Gasteiger partial charge in [0.15, 0.2) is 10.3 Å².